The standard InChI is InChI=1S/C18H16N2O2/c1-12-8-9-15-14(10-12)16(11-17(20-15)18(21)22-2)19-13-6-4-3-5-7-13/h3-11H,1-2H3,(H,19,20). The maximum absolute atomic E-state index is 11.8. The van der Waals surface area contributed by atoms with Gasteiger partial charge in [0.2, 0.25) is 0 Å². The van der Waals surface area contributed by atoms with Crippen molar-refractivity contribution < 1.29 is 9.53 Å². The average Bonchev–Trinajstić information content (AvgIpc) is 2.55. The summed E-state index contributed by atoms with van der Waals surface area (Å²) in [5.74, 6) is -0.446. The molecule has 0 spiro atoms. The number of rotatable bonds is 3. The van der Waals surface area contributed by atoms with Crippen LogP contribution >= 0.6 is 0 Å². The summed E-state index contributed by atoms with van der Waals surface area (Å²) < 4.78 is 4.78. The van der Waals surface area contributed by atoms with Gasteiger partial charge in [-0.2, -0.15) is 0 Å². The van der Waals surface area contributed by atoms with Crippen LogP contribution in [0.5, 0.6) is 0 Å². The fraction of sp³-hybridized carbons (Fsp3) is 0.111. The number of methoxy groups -OCH3 is 1. The fourth-order valence-corrected chi connectivity index (χ4v) is 2.33. The zero-order chi connectivity index (χ0) is 15.5. The van der Waals surface area contributed by atoms with Crippen molar-refractivity contribution in [3.63, 3.8) is 0 Å². The Morgan fingerprint density at radius 1 is 1.09 bits per heavy atom. The van der Waals surface area contributed by atoms with Gasteiger partial charge in [-0.3, -0.25) is 0 Å². The number of ether oxygens (including phenoxy) is 1. The second kappa shape index (κ2) is 5.85. The Hall–Kier alpha value is -2.88. The second-order valence-corrected chi connectivity index (χ2v) is 5.06. The highest BCUT2D eigenvalue weighted by Crippen LogP contribution is 2.27. The maximum atomic E-state index is 11.8. The number of anilines is 2. The van der Waals surface area contributed by atoms with Crippen LogP contribution in [-0.2, 0) is 4.74 Å². The van der Waals surface area contributed by atoms with Crippen molar-refractivity contribution in [3.05, 3.63) is 65.9 Å². The van der Waals surface area contributed by atoms with E-state index in [1.165, 1.54) is 7.11 Å². The minimum absolute atomic E-state index is 0.289. The molecular formula is C18H16N2O2. The summed E-state index contributed by atoms with van der Waals surface area (Å²) in [5.41, 5.74) is 3.97. The minimum atomic E-state index is -0.446. The number of fused-ring (bicyclic) bond motifs is 1. The van der Waals surface area contributed by atoms with Crippen LogP contribution in [0.2, 0.25) is 0 Å². The van der Waals surface area contributed by atoms with E-state index in [4.69, 9.17) is 4.74 Å². The molecule has 22 heavy (non-hydrogen) atoms. The van der Waals surface area contributed by atoms with Gasteiger partial charge in [0, 0.05) is 11.1 Å². The summed E-state index contributed by atoms with van der Waals surface area (Å²) in [6.45, 7) is 2.03. The number of esters is 1. The summed E-state index contributed by atoms with van der Waals surface area (Å²) >= 11 is 0. The van der Waals surface area contributed by atoms with Crippen LogP contribution in [0.1, 0.15) is 16.1 Å². The molecule has 0 aliphatic carbocycles. The van der Waals surface area contributed by atoms with Gasteiger partial charge in [0.05, 0.1) is 18.3 Å². The smallest absolute Gasteiger partial charge is 0.356 e. The highest BCUT2D eigenvalue weighted by atomic mass is 16.5. The van der Waals surface area contributed by atoms with E-state index < -0.39 is 5.97 Å². The van der Waals surface area contributed by atoms with Crippen molar-refractivity contribution >= 4 is 28.2 Å². The van der Waals surface area contributed by atoms with Crippen LogP contribution in [0, 0.1) is 6.92 Å². The number of hydrogen-bond acceptors (Lipinski definition) is 4. The Balaban J connectivity index is 2.16. The molecule has 1 aromatic heterocycles. The fourth-order valence-electron chi connectivity index (χ4n) is 2.33. The third-order valence-electron chi connectivity index (χ3n) is 3.41. The summed E-state index contributed by atoms with van der Waals surface area (Å²) in [6, 6.07) is 17.5. The Morgan fingerprint density at radius 2 is 1.86 bits per heavy atom. The Bertz CT molecular complexity index is 829. The van der Waals surface area contributed by atoms with E-state index in [1.807, 2.05) is 49.4 Å². The lowest BCUT2D eigenvalue weighted by molar-refractivity contribution is 0.0594. The molecule has 110 valence electrons. The van der Waals surface area contributed by atoms with Gasteiger partial charge in [-0.15, -0.1) is 0 Å². The van der Waals surface area contributed by atoms with E-state index in [0.717, 1.165) is 27.8 Å². The first-order chi connectivity index (χ1) is 10.7. The summed E-state index contributed by atoms with van der Waals surface area (Å²) in [6.07, 6.45) is 0. The van der Waals surface area contributed by atoms with E-state index in [9.17, 15) is 4.79 Å². The number of carbonyl (C=O) groups is 1. The van der Waals surface area contributed by atoms with Crippen LogP contribution < -0.4 is 5.32 Å². The predicted octanol–water partition coefficient (Wildman–Crippen LogP) is 4.07. The number of aryl methyl sites for hydroxylation is 1. The molecule has 3 rings (SSSR count). The van der Waals surface area contributed by atoms with Gasteiger partial charge in [0.25, 0.3) is 0 Å². The van der Waals surface area contributed by atoms with Gasteiger partial charge in [0.15, 0.2) is 5.69 Å². The Labute approximate surface area is 128 Å². The van der Waals surface area contributed by atoms with Crippen LogP contribution in [0.15, 0.2) is 54.6 Å². The largest absolute Gasteiger partial charge is 0.464 e. The van der Waals surface area contributed by atoms with Gasteiger partial charge in [0.1, 0.15) is 0 Å². The quantitative estimate of drug-likeness (QED) is 0.739. The molecule has 0 fully saturated rings. The van der Waals surface area contributed by atoms with E-state index in [0.29, 0.717) is 0 Å². The Morgan fingerprint density at radius 3 is 2.59 bits per heavy atom. The Kier molecular flexibility index (Phi) is 3.74. The summed E-state index contributed by atoms with van der Waals surface area (Å²) in [5, 5.41) is 4.31. The lowest BCUT2D eigenvalue weighted by Gasteiger charge is -2.12. The van der Waals surface area contributed by atoms with Crippen molar-refractivity contribution in [2.45, 2.75) is 6.92 Å². The van der Waals surface area contributed by atoms with Crippen molar-refractivity contribution in [2.24, 2.45) is 0 Å². The summed E-state index contributed by atoms with van der Waals surface area (Å²) in [4.78, 5) is 16.2. The molecule has 1 N–H and O–H groups in total. The number of benzene rings is 2. The molecule has 2 aromatic carbocycles. The van der Waals surface area contributed by atoms with E-state index in [2.05, 4.69) is 16.4 Å². The number of hydrogen-bond donors (Lipinski definition) is 1. The number of nitrogens with one attached hydrogen (secondary N) is 1. The molecule has 0 saturated carbocycles. The molecule has 0 aliphatic rings. The highest BCUT2D eigenvalue weighted by molar-refractivity contribution is 5.99. The maximum Gasteiger partial charge on any atom is 0.356 e. The van der Waals surface area contributed by atoms with Crippen molar-refractivity contribution in [3.8, 4) is 0 Å². The van der Waals surface area contributed by atoms with Crippen LogP contribution in [-0.4, -0.2) is 18.1 Å². The predicted molar refractivity (Wildman–Crippen MR) is 87.5 cm³/mol. The first-order valence-corrected chi connectivity index (χ1v) is 6.99. The summed E-state index contributed by atoms with van der Waals surface area (Å²) in [7, 11) is 1.35. The van der Waals surface area contributed by atoms with Gasteiger partial charge < -0.3 is 10.1 Å². The zero-order valence-electron chi connectivity index (χ0n) is 12.5. The number of nitrogens with zero attached hydrogens (tertiary/aromatic N) is 1. The monoisotopic (exact) mass is 292 g/mol. The molecule has 4 heteroatoms. The zero-order valence-corrected chi connectivity index (χ0v) is 12.5. The van der Waals surface area contributed by atoms with E-state index in [1.54, 1.807) is 6.07 Å². The first-order valence-electron chi connectivity index (χ1n) is 6.99. The van der Waals surface area contributed by atoms with Crippen molar-refractivity contribution in [1.29, 1.82) is 0 Å². The number of carbonyl (C=O) groups excluding carboxylic acids is 1. The highest BCUT2D eigenvalue weighted by Gasteiger charge is 2.12. The number of pyridine rings is 1. The van der Waals surface area contributed by atoms with Gasteiger partial charge >= 0.3 is 5.97 Å². The van der Waals surface area contributed by atoms with Crippen LogP contribution in [0.3, 0.4) is 0 Å². The van der Waals surface area contributed by atoms with Crippen molar-refractivity contribution in [2.75, 3.05) is 12.4 Å². The molecule has 0 bridgehead atoms. The topological polar surface area (TPSA) is 51.2 Å². The molecule has 0 radical (unpaired) electrons. The van der Waals surface area contributed by atoms with Gasteiger partial charge in [-0.25, -0.2) is 9.78 Å². The normalized spacial score (nSPS) is 10.5. The molecule has 0 saturated heterocycles. The first kappa shape index (κ1) is 14.1. The SMILES string of the molecule is COC(=O)c1cc(Nc2ccccc2)c2cc(C)ccc2n1. The minimum Gasteiger partial charge on any atom is -0.464 e. The molecule has 0 atom stereocenters. The van der Waals surface area contributed by atoms with Gasteiger partial charge in [-0.1, -0.05) is 29.8 Å². The third kappa shape index (κ3) is 2.76. The second-order valence-electron chi connectivity index (χ2n) is 5.06. The molecule has 1 heterocycles. The lowest BCUT2D eigenvalue weighted by atomic mass is 10.1. The van der Waals surface area contributed by atoms with Crippen LogP contribution in [0.25, 0.3) is 10.9 Å². The molecule has 4 nitrogen and oxygen atoms in total. The molecule has 3 aromatic rings. The van der Waals surface area contributed by atoms with Gasteiger partial charge in [-0.05, 0) is 37.3 Å². The van der Waals surface area contributed by atoms with Crippen molar-refractivity contribution in [1.82, 2.24) is 4.98 Å². The third-order valence-corrected chi connectivity index (χ3v) is 3.41. The van der Waals surface area contributed by atoms with Crippen LogP contribution in [0.4, 0.5) is 11.4 Å². The molecule has 0 unspecified atom stereocenters. The van der Waals surface area contributed by atoms with E-state index in [-0.39, 0.29) is 5.69 Å². The van der Waals surface area contributed by atoms with E-state index >= 15 is 0 Å². The molecular weight excluding hydrogens is 276 g/mol. The average molecular weight is 292 g/mol. The number of para-hydroxylation sites is 1. The molecule has 0 aliphatic heterocycles. The molecule has 0 amide bonds. The number of aromatic nitrogens is 1. The lowest BCUT2D eigenvalue weighted by Crippen LogP contribution is -2.06.